The number of alkyl halides is 1. The van der Waals surface area contributed by atoms with Gasteiger partial charge in [-0.2, -0.15) is 5.10 Å². The van der Waals surface area contributed by atoms with Gasteiger partial charge in [-0.1, -0.05) is 31.5 Å². The maximum Gasteiger partial charge on any atom is 0.132 e. The van der Waals surface area contributed by atoms with Gasteiger partial charge in [-0.25, -0.2) is 0 Å². The van der Waals surface area contributed by atoms with Gasteiger partial charge in [-0.3, -0.25) is 4.68 Å². The van der Waals surface area contributed by atoms with E-state index in [4.69, 9.17) is 16.3 Å². The average molecular weight is 307 g/mol. The largest absolute Gasteiger partial charge is 0.487 e. The second-order valence-electron chi connectivity index (χ2n) is 5.29. The van der Waals surface area contributed by atoms with Crippen molar-refractivity contribution >= 4 is 11.6 Å². The first-order valence-electron chi connectivity index (χ1n) is 7.50. The smallest absolute Gasteiger partial charge is 0.132 e. The van der Waals surface area contributed by atoms with Gasteiger partial charge >= 0.3 is 0 Å². The zero-order valence-electron chi connectivity index (χ0n) is 13.0. The molecule has 0 unspecified atom stereocenters. The summed E-state index contributed by atoms with van der Waals surface area (Å²) in [6.07, 6.45) is 4.22. The molecule has 0 amide bonds. The Morgan fingerprint density at radius 1 is 1.24 bits per heavy atom. The van der Waals surface area contributed by atoms with Crippen LogP contribution in [0.1, 0.15) is 49.6 Å². The molecule has 0 saturated heterocycles. The topological polar surface area (TPSA) is 27.1 Å². The molecule has 1 heterocycles. The molecule has 0 atom stereocenters. The Hall–Kier alpha value is -1.48. The Morgan fingerprint density at radius 2 is 2.00 bits per heavy atom. The standard InChI is InChI=1S/C17H23ClN2O/c1-4-16(5-2)20-9-8-15(19-20)12-21-17-7-6-13(3)10-14(17)11-18/h6-10,16H,4-5,11-12H2,1-3H3. The van der Waals surface area contributed by atoms with Crippen molar-refractivity contribution in [2.45, 2.75) is 52.1 Å². The number of rotatable bonds is 7. The second-order valence-corrected chi connectivity index (χ2v) is 5.56. The summed E-state index contributed by atoms with van der Waals surface area (Å²) in [5, 5.41) is 4.60. The third-order valence-corrected chi connectivity index (χ3v) is 4.00. The number of aromatic nitrogens is 2. The molecule has 114 valence electrons. The zero-order chi connectivity index (χ0) is 15.2. The second kappa shape index (κ2) is 7.51. The number of aryl methyl sites for hydroxylation is 1. The summed E-state index contributed by atoms with van der Waals surface area (Å²) in [5.74, 6) is 1.30. The quantitative estimate of drug-likeness (QED) is 0.682. The van der Waals surface area contributed by atoms with Crippen LogP contribution in [0, 0.1) is 6.92 Å². The molecule has 0 N–H and O–H groups in total. The van der Waals surface area contributed by atoms with Crippen molar-refractivity contribution < 1.29 is 4.74 Å². The van der Waals surface area contributed by atoms with E-state index in [1.807, 2.05) is 29.1 Å². The van der Waals surface area contributed by atoms with Crippen molar-refractivity contribution in [2.24, 2.45) is 0 Å². The van der Waals surface area contributed by atoms with E-state index in [0.29, 0.717) is 18.5 Å². The lowest BCUT2D eigenvalue weighted by Crippen LogP contribution is -2.08. The molecule has 21 heavy (non-hydrogen) atoms. The van der Waals surface area contributed by atoms with E-state index >= 15 is 0 Å². The molecule has 0 bridgehead atoms. The van der Waals surface area contributed by atoms with E-state index < -0.39 is 0 Å². The molecule has 0 fully saturated rings. The van der Waals surface area contributed by atoms with Gasteiger partial charge in [0, 0.05) is 11.8 Å². The van der Waals surface area contributed by atoms with Crippen LogP contribution in [-0.2, 0) is 12.5 Å². The summed E-state index contributed by atoms with van der Waals surface area (Å²) in [5.41, 5.74) is 3.16. The predicted molar refractivity (Wildman–Crippen MR) is 86.9 cm³/mol. The minimum atomic E-state index is 0.458. The van der Waals surface area contributed by atoms with E-state index in [0.717, 1.165) is 29.8 Å². The molecular weight excluding hydrogens is 284 g/mol. The van der Waals surface area contributed by atoms with Crippen LogP contribution in [0.15, 0.2) is 30.5 Å². The molecule has 1 aromatic carbocycles. The lowest BCUT2D eigenvalue weighted by molar-refractivity contribution is 0.295. The summed E-state index contributed by atoms with van der Waals surface area (Å²) in [6.45, 7) is 6.90. The van der Waals surface area contributed by atoms with Crippen LogP contribution in [0.5, 0.6) is 5.75 Å². The highest BCUT2D eigenvalue weighted by Gasteiger charge is 2.09. The summed E-state index contributed by atoms with van der Waals surface area (Å²) < 4.78 is 7.91. The monoisotopic (exact) mass is 306 g/mol. The third-order valence-electron chi connectivity index (χ3n) is 3.72. The molecule has 3 nitrogen and oxygen atoms in total. The van der Waals surface area contributed by atoms with Gasteiger partial charge < -0.3 is 4.74 Å². The average Bonchev–Trinajstić information content (AvgIpc) is 2.96. The first-order chi connectivity index (χ1) is 10.2. The lowest BCUT2D eigenvalue weighted by atomic mass is 10.1. The minimum Gasteiger partial charge on any atom is -0.487 e. The van der Waals surface area contributed by atoms with Gasteiger partial charge in [0.2, 0.25) is 0 Å². The molecule has 0 aliphatic heterocycles. The predicted octanol–water partition coefficient (Wildman–Crippen LogP) is 4.87. The molecule has 0 radical (unpaired) electrons. The van der Waals surface area contributed by atoms with Gasteiger partial charge in [0.25, 0.3) is 0 Å². The van der Waals surface area contributed by atoms with Crippen LogP contribution in [-0.4, -0.2) is 9.78 Å². The number of ether oxygens (including phenoxy) is 1. The molecule has 2 rings (SSSR count). The Labute approximate surface area is 131 Å². The molecule has 0 spiro atoms. The van der Waals surface area contributed by atoms with Crippen LogP contribution in [0.2, 0.25) is 0 Å². The number of halogens is 1. The van der Waals surface area contributed by atoms with E-state index in [-0.39, 0.29) is 0 Å². The molecule has 1 aromatic heterocycles. The molecular formula is C17H23ClN2O. The SMILES string of the molecule is CCC(CC)n1ccc(COc2ccc(C)cc2CCl)n1. The van der Waals surface area contributed by atoms with E-state index in [2.05, 4.69) is 31.9 Å². The van der Waals surface area contributed by atoms with Gasteiger partial charge in [-0.15, -0.1) is 11.6 Å². The zero-order valence-corrected chi connectivity index (χ0v) is 13.7. The van der Waals surface area contributed by atoms with E-state index in [9.17, 15) is 0 Å². The normalized spacial score (nSPS) is 11.1. The molecule has 0 aliphatic rings. The maximum absolute atomic E-state index is 5.97. The van der Waals surface area contributed by atoms with Crippen LogP contribution < -0.4 is 4.74 Å². The van der Waals surface area contributed by atoms with Crippen molar-refractivity contribution in [1.82, 2.24) is 9.78 Å². The Bertz CT molecular complexity index is 576. The Kier molecular flexibility index (Phi) is 5.68. The third kappa shape index (κ3) is 4.01. The highest BCUT2D eigenvalue weighted by Crippen LogP contribution is 2.23. The maximum atomic E-state index is 5.97. The van der Waals surface area contributed by atoms with Crippen molar-refractivity contribution in [2.75, 3.05) is 0 Å². The van der Waals surface area contributed by atoms with Crippen LogP contribution in [0.25, 0.3) is 0 Å². The van der Waals surface area contributed by atoms with Gasteiger partial charge in [-0.05, 0) is 31.9 Å². The van der Waals surface area contributed by atoms with E-state index in [1.54, 1.807) is 0 Å². The summed E-state index contributed by atoms with van der Waals surface area (Å²) in [6, 6.07) is 8.56. The van der Waals surface area contributed by atoms with Crippen LogP contribution >= 0.6 is 11.6 Å². The van der Waals surface area contributed by atoms with Crippen molar-refractivity contribution in [3.63, 3.8) is 0 Å². The first kappa shape index (κ1) is 15.9. The number of hydrogen-bond acceptors (Lipinski definition) is 2. The number of hydrogen-bond donors (Lipinski definition) is 0. The fraction of sp³-hybridized carbons (Fsp3) is 0.471. The number of nitrogens with zero attached hydrogens (tertiary/aromatic N) is 2. The van der Waals surface area contributed by atoms with Crippen molar-refractivity contribution in [3.8, 4) is 5.75 Å². The van der Waals surface area contributed by atoms with Crippen LogP contribution in [0.4, 0.5) is 0 Å². The van der Waals surface area contributed by atoms with Gasteiger partial charge in [0.15, 0.2) is 0 Å². The Morgan fingerprint density at radius 3 is 2.67 bits per heavy atom. The van der Waals surface area contributed by atoms with Crippen LogP contribution in [0.3, 0.4) is 0 Å². The van der Waals surface area contributed by atoms with Gasteiger partial charge in [0.1, 0.15) is 12.4 Å². The molecule has 0 saturated carbocycles. The molecule has 2 aromatic rings. The summed E-state index contributed by atoms with van der Waals surface area (Å²) in [7, 11) is 0. The Balaban J connectivity index is 2.03. The highest BCUT2D eigenvalue weighted by atomic mass is 35.5. The lowest BCUT2D eigenvalue weighted by Gasteiger charge is -2.13. The molecule has 0 aliphatic carbocycles. The summed E-state index contributed by atoms with van der Waals surface area (Å²) in [4.78, 5) is 0. The minimum absolute atomic E-state index is 0.458. The fourth-order valence-corrected chi connectivity index (χ4v) is 2.63. The number of benzene rings is 1. The summed E-state index contributed by atoms with van der Waals surface area (Å²) >= 11 is 5.97. The van der Waals surface area contributed by atoms with Gasteiger partial charge in [0.05, 0.1) is 17.6 Å². The highest BCUT2D eigenvalue weighted by molar-refractivity contribution is 6.17. The van der Waals surface area contributed by atoms with E-state index in [1.165, 1.54) is 5.56 Å². The van der Waals surface area contributed by atoms with Crippen molar-refractivity contribution in [1.29, 1.82) is 0 Å². The fourth-order valence-electron chi connectivity index (χ4n) is 2.43. The molecule has 4 heteroatoms. The first-order valence-corrected chi connectivity index (χ1v) is 8.03. The van der Waals surface area contributed by atoms with Crippen molar-refractivity contribution in [3.05, 3.63) is 47.3 Å².